The minimum Gasteiger partial charge on any atom is -0.494 e. The molecule has 3 aromatic rings. The fourth-order valence-corrected chi connectivity index (χ4v) is 3.82. The predicted octanol–water partition coefficient (Wildman–Crippen LogP) is 4.52. The van der Waals surface area contributed by atoms with Crippen LogP contribution in [0.4, 0.5) is 5.69 Å². The third-order valence-electron chi connectivity index (χ3n) is 5.34. The Morgan fingerprint density at radius 1 is 1.03 bits per heavy atom. The highest BCUT2D eigenvalue weighted by Crippen LogP contribution is 2.32. The highest BCUT2D eigenvalue weighted by Gasteiger charge is 2.25. The largest absolute Gasteiger partial charge is 0.494 e. The van der Waals surface area contributed by atoms with E-state index in [4.69, 9.17) is 25.5 Å². The average Bonchev–Trinajstić information content (AvgIpc) is 3.37. The number of hydrogen-bond donors (Lipinski definition) is 1. The van der Waals surface area contributed by atoms with Crippen molar-refractivity contribution in [3.8, 4) is 17.2 Å². The molecule has 0 atom stereocenters. The van der Waals surface area contributed by atoms with Gasteiger partial charge in [-0.2, -0.15) is 0 Å². The van der Waals surface area contributed by atoms with Crippen LogP contribution in [-0.4, -0.2) is 60.9 Å². The number of amides is 2. The first-order chi connectivity index (χ1) is 16.5. The van der Waals surface area contributed by atoms with Crippen molar-refractivity contribution < 1.29 is 23.5 Å². The van der Waals surface area contributed by atoms with Crippen LogP contribution < -0.4 is 14.8 Å². The molecular formula is C25H26ClN3O5. The third kappa shape index (κ3) is 6.09. The summed E-state index contributed by atoms with van der Waals surface area (Å²) >= 11 is 6.16. The maximum Gasteiger partial charge on any atom is 0.289 e. The quantitative estimate of drug-likeness (QED) is 0.507. The van der Waals surface area contributed by atoms with E-state index in [0.717, 1.165) is 5.75 Å². The van der Waals surface area contributed by atoms with Crippen LogP contribution in [0, 0.1) is 0 Å². The summed E-state index contributed by atoms with van der Waals surface area (Å²) < 4.78 is 16.6. The van der Waals surface area contributed by atoms with E-state index in [2.05, 4.69) is 5.32 Å². The Kier molecular flexibility index (Phi) is 7.72. The van der Waals surface area contributed by atoms with Crippen LogP contribution in [0.5, 0.6) is 17.2 Å². The van der Waals surface area contributed by atoms with E-state index >= 15 is 0 Å². The number of anilines is 1. The van der Waals surface area contributed by atoms with Crippen LogP contribution in [0.3, 0.4) is 0 Å². The van der Waals surface area contributed by atoms with E-state index < -0.39 is 0 Å². The second-order valence-corrected chi connectivity index (χ2v) is 8.18. The molecule has 1 N–H and O–H groups in total. The second-order valence-electron chi connectivity index (χ2n) is 7.74. The molecule has 1 aromatic heterocycles. The molecule has 1 saturated heterocycles. The predicted molar refractivity (Wildman–Crippen MR) is 129 cm³/mol. The Morgan fingerprint density at radius 2 is 1.76 bits per heavy atom. The molecule has 9 heteroatoms. The number of carbonyl (C=O) groups excluding carboxylic acids is 2. The van der Waals surface area contributed by atoms with Crippen LogP contribution in [0.25, 0.3) is 0 Å². The van der Waals surface area contributed by atoms with Crippen molar-refractivity contribution in [3.63, 3.8) is 0 Å². The summed E-state index contributed by atoms with van der Waals surface area (Å²) in [7, 11) is 0. The van der Waals surface area contributed by atoms with Crippen molar-refractivity contribution in [1.29, 1.82) is 0 Å². The van der Waals surface area contributed by atoms with Crippen molar-refractivity contribution in [3.05, 3.63) is 71.6 Å². The Balaban J connectivity index is 1.33. The molecule has 2 aromatic carbocycles. The van der Waals surface area contributed by atoms with Crippen molar-refractivity contribution in [2.45, 2.75) is 6.92 Å². The van der Waals surface area contributed by atoms with Crippen molar-refractivity contribution in [2.75, 3.05) is 44.6 Å². The monoisotopic (exact) mass is 483 g/mol. The zero-order chi connectivity index (χ0) is 23.9. The van der Waals surface area contributed by atoms with Gasteiger partial charge >= 0.3 is 0 Å². The van der Waals surface area contributed by atoms with Gasteiger partial charge in [-0.05, 0) is 61.5 Å². The van der Waals surface area contributed by atoms with E-state index in [1.165, 1.54) is 6.26 Å². The number of furan rings is 1. The van der Waals surface area contributed by atoms with Gasteiger partial charge in [-0.1, -0.05) is 11.6 Å². The van der Waals surface area contributed by atoms with E-state index in [1.807, 2.05) is 24.0 Å². The molecule has 0 aliphatic carbocycles. The van der Waals surface area contributed by atoms with Gasteiger partial charge in [0, 0.05) is 31.2 Å². The molecule has 0 bridgehead atoms. The number of rotatable bonds is 8. The number of nitrogens with one attached hydrogen (secondary N) is 1. The van der Waals surface area contributed by atoms with E-state index in [0.29, 0.717) is 60.8 Å². The number of piperazine rings is 1. The van der Waals surface area contributed by atoms with Crippen molar-refractivity contribution in [2.24, 2.45) is 0 Å². The van der Waals surface area contributed by atoms with Gasteiger partial charge in [0.1, 0.15) is 11.5 Å². The maximum atomic E-state index is 12.8. The molecule has 1 aliphatic rings. The standard InChI is InChI=1S/C25H26ClN3O5/c1-2-32-19-6-8-20(9-7-19)34-22-10-5-18(26)16-21(22)27-24(30)17-28-11-13-29(14-12-28)25(31)23-4-3-15-33-23/h3-10,15-16H,2,11-14,17H2,1H3,(H,27,30). The molecule has 1 fully saturated rings. The number of benzene rings is 2. The van der Waals surface area contributed by atoms with Crippen molar-refractivity contribution >= 4 is 29.1 Å². The molecule has 0 spiro atoms. The minimum atomic E-state index is -0.190. The minimum absolute atomic E-state index is 0.135. The summed E-state index contributed by atoms with van der Waals surface area (Å²) in [5.41, 5.74) is 0.484. The van der Waals surface area contributed by atoms with Crippen LogP contribution in [-0.2, 0) is 4.79 Å². The fraction of sp³-hybridized carbons (Fsp3) is 0.280. The molecule has 0 saturated carbocycles. The lowest BCUT2D eigenvalue weighted by atomic mass is 10.2. The van der Waals surface area contributed by atoms with Crippen molar-refractivity contribution in [1.82, 2.24) is 9.80 Å². The molecular weight excluding hydrogens is 458 g/mol. The molecule has 0 unspecified atom stereocenters. The summed E-state index contributed by atoms with van der Waals surface area (Å²) in [6.07, 6.45) is 1.48. The SMILES string of the molecule is CCOc1ccc(Oc2ccc(Cl)cc2NC(=O)CN2CCN(C(=O)c3ccco3)CC2)cc1. The summed E-state index contributed by atoms with van der Waals surface area (Å²) in [6.45, 7) is 4.93. The number of nitrogens with zero attached hydrogens (tertiary/aromatic N) is 2. The third-order valence-corrected chi connectivity index (χ3v) is 5.57. The van der Waals surface area contributed by atoms with Gasteiger partial charge in [-0.25, -0.2) is 0 Å². The van der Waals surface area contributed by atoms with E-state index in [9.17, 15) is 9.59 Å². The van der Waals surface area contributed by atoms with Gasteiger partial charge in [0.2, 0.25) is 5.91 Å². The molecule has 8 nitrogen and oxygen atoms in total. The smallest absolute Gasteiger partial charge is 0.289 e. The zero-order valence-corrected chi connectivity index (χ0v) is 19.6. The molecule has 1 aliphatic heterocycles. The first-order valence-corrected chi connectivity index (χ1v) is 11.4. The zero-order valence-electron chi connectivity index (χ0n) is 18.8. The van der Waals surface area contributed by atoms with Crippen LogP contribution in [0.1, 0.15) is 17.5 Å². The lowest BCUT2D eigenvalue weighted by molar-refractivity contribution is -0.117. The topological polar surface area (TPSA) is 84.3 Å². The number of carbonyl (C=O) groups is 2. The van der Waals surface area contributed by atoms with E-state index in [-0.39, 0.29) is 18.4 Å². The van der Waals surface area contributed by atoms with Gasteiger partial charge < -0.3 is 24.1 Å². The molecule has 4 rings (SSSR count). The molecule has 34 heavy (non-hydrogen) atoms. The van der Waals surface area contributed by atoms with Gasteiger partial charge in [0.25, 0.3) is 5.91 Å². The molecule has 0 radical (unpaired) electrons. The van der Waals surface area contributed by atoms with Crippen LogP contribution in [0.15, 0.2) is 65.3 Å². The first kappa shape index (κ1) is 23.7. The Labute approximate surface area is 203 Å². The Bertz CT molecular complexity index is 1110. The summed E-state index contributed by atoms with van der Waals surface area (Å²) in [6, 6.07) is 15.7. The first-order valence-electron chi connectivity index (χ1n) is 11.1. The lowest BCUT2D eigenvalue weighted by Gasteiger charge is -2.33. The van der Waals surface area contributed by atoms with Crippen LogP contribution in [0.2, 0.25) is 5.02 Å². The maximum absolute atomic E-state index is 12.8. The van der Waals surface area contributed by atoms with E-state index in [1.54, 1.807) is 47.4 Å². The fourth-order valence-electron chi connectivity index (χ4n) is 3.64. The second kappa shape index (κ2) is 11.1. The average molecular weight is 484 g/mol. The molecule has 2 heterocycles. The highest BCUT2D eigenvalue weighted by atomic mass is 35.5. The Hall–Kier alpha value is -3.49. The molecule has 178 valence electrons. The highest BCUT2D eigenvalue weighted by molar-refractivity contribution is 6.31. The molecule has 2 amide bonds. The number of halogens is 1. The van der Waals surface area contributed by atoms with Gasteiger partial charge in [-0.3, -0.25) is 14.5 Å². The van der Waals surface area contributed by atoms with Gasteiger partial charge in [0.15, 0.2) is 11.5 Å². The number of hydrogen-bond acceptors (Lipinski definition) is 6. The Morgan fingerprint density at radius 3 is 2.44 bits per heavy atom. The van der Waals surface area contributed by atoms with Gasteiger partial charge in [-0.15, -0.1) is 0 Å². The number of ether oxygens (including phenoxy) is 2. The van der Waals surface area contributed by atoms with Gasteiger partial charge in [0.05, 0.1) is 25.1 Å². The lowest BCUT2D eigenvalue weighted by Crippen LogP contribution is -2.50. The summed E-state index contributed by atoms with van der Waals surface area (Å²) in [4.78, 5) is 28.9. The summed E-state index contributed by atoms with van der Waals surface area (Å²) in [5, 5.41) is 3.38. The normalized spacial score (nSPS) is 14.0. The summed E-state index contributed by atoms with van der Waals surface area (Å²) in [5.74, 6) is 1.85. The van der Waals surface area contributed by atoms with Crippen LogP contribution >= 0.6 is 11.6 Å².